The number of carbonyl (C=O) groups is 1. The van der Waals surface area contributed by atoms with Crippen LogP contribution in [0, 0.1) is 11.8 Å². The topological polar surface area (TPSA) is 94.4 Å². The van der Waals surface area contributed by atoms with E-state index in [2.05, 4.69) is 39.5 Å². The van der Waals surface area contributed by atoms with Crippen molar-refractivity contribution in [3.05, 3.63) is 47.7 Å². The molecule has 3 aliphatic rings. The predicted molar refractivity (Wildman–Crippen MR) is 163 cm³/mol. The summed E-state index contributed by atoms with van der Waals surface area (Å²) in [6, 6.07) is 11.3. The lowest BCUT2D eigenvalue weighted by atomic mass is 9.96. The molecule has 5 heterocycles. The van der Waals surface area contributed by atoms with Gasteiger partial charge < -0.3 is 25.4 Å². The molecule has 1 amide bonds. The predicted octanol–water partition coefficient (Wildman–Crippen LogP) is 4.66. The van der Waals surface area contributed by atoms with Gasteiger partial charge in [0.1, 0.15) is 17.3 Å². The third kappa shape index (κ3) is 6.16. The Hall–Kier alpha value is -3.60. The van der Waals surface area contributed by atoms with Crippen LogP contribution in [0.3, 0.4) is 0 Å². The monoisotopic (exact) mass is 628 g/mol. The molecular formula is C31H35F3N6O3S. The van der Waals surface area contributed by atoms with E-state index < -0.39 is 11.1 Å². The van der Waals surface area contributed by atoms with E-state index in [1.165, 1.54) is 18.0 Å². The molecule has 3 aromatic rings. The third-order valence-electron chi connectivity index (χ3n) is 8.71. The Kier molecular flexibility index (Phi) is 8.11. The first-order valence-corrected chi connectivity index (χ1v) is 15.4. The second kappa shape index (κ2) is 11.7. The molecule has 0 radical (unpaired) electrons. The Balaban J connectivity index is 1.20. The number of anilines is 2. The highest BCUT2D eigenvalue weighted by Gasteiger charge is 2.41. The molecule has 3 fully saturated rings. The molecule has 234 valence electrons. The van der Waals surface area contributed by atoms with Gasteiger partial charge in [0.25, 0.3) is 5.91 Å². The van der Waals surface area contributed by atoms with Gasteiger partial charge in [-0.2, -0.15) is 18.3 Å². The minimum atomic E-state index is -4.51. The number of nitrogens with one attached hydrogen (secondary N) is 2. The summed E-state index contributed by atoms with van der Waals surface area (Å²) < 4.78 is 47.9. The number of likely N-dealkylation sites (tertiary alicyclic amines) is 1. The zero-order chi connectivity index (χ0) is 31.2. The van der Waals surface area contributed by atoms with Crippen molar-refractivity contribution in [3.63, 3.8) is 0 Å². The van der Waals surface area contributed by atoms with Crippen molar-refractivity contribution < 1.29 is 27.8 Å². The first kappa shape index (κ1) is 30.4. The molecule has 44 heavy (non-hydrogen) atoms. The van der Waals surface area contributed by atoms with Gasteiger partial charge in [0, 0.05) is 23.7 Å². The molecule has 0 unspecified atom stereocenters. The standard InChI is InChI=1S/C31H35F3N6O3S/c1-30(42)17-39(18-30)29(41)19-9-12-22(26(16-19)43-3)35-15-5-6-23-28(44-31(32,33)34)25-7-4-8-27(40(25)37-23)36-21-13-10-20-11-14-24(21)38(20)2/h4,7-9,12,16,20-21,24,35-36,42H,10-11,13-15,17-18H2,1-3H3/t20-,21-,24-/m1/s1. The third-order valence-corrected chi connectivity index (χ3v) is 9.54. The number of likely N-dealkylation sites (N-methyl/N-ethyl adjacent to an activating group) is 1. The number of hydrogen-bond acceptors (Lipinski definition) is 8. The highest BCUT2D eigenvalue weighted by Crippen LogP contribution is 2.42. The fraction of sp³-hybridized carbons (Fsp3) is 0.484. The van der Waals surface area contributed by atoms with Gasteiger partial charge in [-0.25, -0.2) is 4.52 Å². The summed E-state index contributed by atoms with van der Waals surface area (Å²) in [6.45, 7) is 2.30. The van der Waals surface area contributed by atoms with Crippen molar-refractivity contribution >= 4 is 34.7 Å². The molecule has 3 aliphatic heterocycles. The summed E-state index contributed by atoms with van der Waals surface area (Å²) in [5, 5.41) is 21.2. The number of carbonyl (C=O) groups excluding carboxylic acids is 1. The number of nitrogens with zero attached hydrogens (tertiary/aromatic N) is 4. The normalized spacial score (nSPS) is 22.7. The zero-order valence-electron chi connectivity index (χ0n) is 24.7. The van der Waals surface area contributed by atoms with Crippen molar-refractivity contribution in [2.24, 2.45) is 0 Å². The number of aromatic nitrogens is 2. The number of β-amino-alcohol motifs (C(OH)–C–C–N with tert-alkyl or cyclic N) is 1. The molecule has 1 aromatic carbocycles. The molecule has 0 aliphatic carbocycles. The molecule has 2 bridgehead atoms. The van der Waals surface area contributed by atoms with E-state index in [1.807, 2.05) is 6.07 Å². The van der Waals surface area contributed by atoms with Gasteiger partial charge in [0.05, 0.1) is 48.4 Å². The van der Waals surface area contributed by atoms with E-state index in [0.717, 1.165) is 19.3 Å². The number of ether oxygens (including phenoxy) is 1. The van der Waals surface area contributed by atoms with Gasteiger partial charge in [-0.05, 0) is 87.7 Å². The average molecular weight is 629 g/mol. The number of halogens is 3. The molecular weight excluding hydrogens is 593 g/mol. The number of piperidine rings is 1. The number of thioether (sulfide) groups is 1. The van der Waals surface area contributed by atoms with Crippen LogP contribution >= 0.6 is 11.8 Å². The summed E-state index contributed by atoms with van der Waals surface area (Å²) in [6.07, 6.45) is 4.35. The van der Waals surface area contributed by atoms with Crippen LogP contribution in [0.15, 0.2) is 41.3 Å². The molecule has 2 aromatic heterocycles. The quantitative estimate of drug-likeness (QED) is 0.257. The summed E-state index contributed by atoms with van der Waals surface area (Å²) in [5.74, 6) is 6.59. The first-order chi connectivity index (χ1) is 20.9. The lowest BCUT2D eigenvalue weighted by Gasteiger charge is -2.44. The van der Waals surface area contributed by atoms with Gasteiger partial charge >= 0.3 is 5.51 Å². The highest BCUT2D eigenvalue weighted by atomic mass is 32.2. The molecule has 13 heteroatoms. The van der Waals surface area contributed by atoms with E-state index in [1.54, 1.807) is 42.2 Å². The van der Waals surface area contributed by atoms with Crippen LogP contribution in [0.1, 0.15) is 48.7 Å². The summed E-state index contributed by atoms with van der Waals surface area (Å²) in [4.78, 5) is 16.6. The zero-order valence-corrected chi connectivity index (χ0v) is 25.6. The van der Waals surface area contributed by atoms with E-state index in [4.69, 9.17) is 4.74 Å². The Morgan fingerprint density at radius 1 is 1.20 bits per heavy atom. The number of rotatable bonds is 7. The van der Waals surface area contributed by atoms with Crippen molar-refractivity contribution in [1.82, 2.24) is 19.4 Å². The van der Waals surface area contributed by atoms with Crippen molar-refractivity contribution in [3.8, 4) is 17.6 Å². The number of methoxy groups -OCH3 is 1. The van der Waals surface area contributed by atoms with E-state index in [-0.39, 0.29) is 53.9 Å². The maximum atomic E-state index is 13.6. The van der Waals surface area contributed by atoms with Crippen LogP contribution in [0.2, 0.25) is 0 Å². The van der Waals surface area contributed by atoms with Gasteiger partial charge in [0.15, 0.2) is 0 Å². The van der Waals surface area contributed by atoms with Crippen molar-refractivity contribution in [2.45, 2.75) is 66.7 Å². The van der Waals surface area contributed by atoms with Crippen LogP contribution in [-0.4, -0.2) is 93.5 Å². The Bertz CT molecular complexity index is 1620. The molecule has 3 saturated heterocycles. The lowest BCUT2D eigenvalue weighted by Crippen LogP contribution is -2.61. The smallest absolute Gasteiger partial charge is 0.446 e. The highest BCUT2D eigenvalue weighted by molar-refractivity contribution is 8.00. The van der Waals surface area contributed by atoms with Crippen molar-refractivity contribution in [1.29, 1.82) is 0 Å². The number of amides is 1. The molecule has 6 rings (SSSR count). The number of aliphatic hydroxyl groups is 1. The van der Waals surface area contributed by atoms with Gasteiger partial charge in [-0.1, -0.05) is 12.0 Å². The number of fused-ring (bicyclic) bond motifs is 3. The van der Waals surface area contributed by atoms with Crippen LogP contribution in [0.25, 0.3) is 5.52 Å². The van der Waals surface area contributed by atoms with Gasteiger partial charge in [-0.15, -0.1) is 0 Å². The number of benzene rings is 1. The fourth-order valence-electron chi connectivity index (χ4n) is 6.59. The van der Waals surface area contributed by atoms with E-state index in [0.29, 0.717) is 40.4 Å². The largest absolute Gasteiger partial charge is 0.495 e. The minimum Gasteiger partial charge on any atom is -0.495 e. The van der Waals surface area contributed by atoms with E-state index >= 15 is 0 Å². The molecule has 0 spiro atoms. The second-order valence-corrected chi connectivity index (χ2v) is 13.0. The van der Waals surface area contributed by atoms with E-state index in [9.17, 15) is 23.1 Å². The molecule has 9 nitrogen and oxygen atoms in total. The number of hydrogen-bond donors (Lipinski definition) is 3. The fourth-order valence-corrected chi connectivity index (χ4v) is 7.27. The number of alkyl halides is 3. The van der Waals surface area contributed by atoms with Crippen LogP contribution in [0.5, 0.6) is 5.75 Å². The molecule has 3 N–H and O–H groups in total. The molecule has 3 atom stereocenters. The van der Waals surface area contributed by atoms with Crippen molar-refractivity contribution in [2.75, 3.05) is 44.4 Å². The summed E-state index contributed by atoms with van der Waals surface area (Å²) >= 11 is -0.210. The minimum absolute atomic E-state index is 0.0410. The Labute approximate surface area is 258 Å². The summed E-state index contributed by atoms with van der Waals surface area (Å²) in [7, 11) is 3.63. The van der Waals surface area contributed by atoms with Crippen LogP contribution in [0.4, 0.5) is 24.7 Å². The lowest BCUT2D eigenvalue weighted by molar-refractivity contribution is -0.0668. The average Bonchev–Trinajstić information content (AvgIpc) is 3.41. The maximum Gasteiger partial charge on any atom is 0.446 e. The first-order valence-electron chi connectivity index (χ1n) is 14.6. The van der Waals surface area contributed by atoms with Gasteiger partial charge in [-0.3, -0.25) is 9.69 Å². The Morgan fingerprint density at radius 2 is 1.98 bits per heavy atom. The van der Waals surface area contributed by atoms with Gasteiger partial charge in [0.2, 0.25) is 0 Å². The van der Waals surface area contributed by atoms with Crippen LogP contribution in [-0.2, 0) is 0 Å². The Morgan fingerprint density at radius 3 is 2.70 bits per heavy atom. The second-order valence-electron chi connectivity index (χ2n) is 12.0. The maximum absolute atomic E-state index is 13.6. The SMILES string of the molecule is COc1cc(C(=O)N2CC(C)(O)C2)ccc1NCC#Cc1nn2c(N[C@@H]3CC[C@@H]4CC[C@H]3N4C)cccc2c1SC(F)(F)F. The van der Waals surface area contributed by atoms with Crippen LogP contribution < -0.4 is 15.4 Å². The molecule has 0 saturated carbocycles. The number of pyridine rings is 1. The summed E-state index contributed by atoms with van der Waals surface area (Å²) in [5.41, 5.74) is -4.00.